The van der Waals surface area contributed by atoms with Gasteiger partial charge in [0.2, 0.25) is 0 Å². The average molecular weight is 243 g/mol. The summed E-state index contributed by atoms with van der Waals surface area (Å²) in [5.41, 5.74) is 4.08. The van der Waals surface area contributed by atoms with Crippen molar-refractivity contribution in [2.24, 2.45) is 0 Å². The zero-order valence-electron chi connectivity index (χ0n) is 11.1. The molecule has 0 spiro atoms. The van der Waals surface area contributed by atoms with Gasteiger partial charge in [0.25, 0.3) is 11.8 Å². The number of carbonyl (C=O) groups is 2. The Morgan fingerprint density at radius 1 is 1.06 bits per heavy atom. The van der Waals surface area contributed by atoms with Crippen LogP contribution in [0.5, 0.6) is 0 Å². The molecule has 1 aromatic rings. The molecule has 0 radical (unpaired) electrons. The third kappa shape index (κ3) is 1.86. The van der Waals surface area contributed by atoms with E-state index >= 15 is 0 Å². The Hall–Kier alpha value is -1.90. The second kappa shape index (κ2) is 4.41. The molecule has 0 saturated heterocycles. The Balaban J connectivity index is 2.72. The van der Waals surface area contributed by atoms with Crippen LogP contribution < -0.4 is 5.32 Å². The van der Waals surface area contributed by atoms with Crippen molar-refractivity contribution >= 4 is 17.4 Å². The Bertz CT molecular complexity index is 568. The van der Waals surface area contributed by atoms with Crippen LogP contribution >= 0.6 is 0 Å². The van der Waals surface area contributed by atoms with Crippen LogP contribution in [0.4, 0.5) is 0 Å². The zero-order valence-corrected chi connectivity index (χ0v) is 11.1. The summed E-state index contributed by atoms with van der Waals surface area (Å²) >= 11 is 0. The van der Waals surface area contributed by atoms with Crippen molar-refractivity contribution in [1.82, 2.24) is 5.32 Å². The lowest BCUT2D eigenvalue weighted by atomic mass is 9.88. The molecule has 0 unspecified atom stereocenters. The van der Waals surface area contributed by atoms with Crippen LogP contribution in [0, 0.1) is 6.92 Å². The maximum absolute atomic E-state index is 11.9. The summed E-state index contributed by atoms with van der Waals surface area (Å²) in [6, 6.07) is 5.97. The molecule has 0 saturated carbocycles. The highest BCUT2D eigenvalue weighted by Crippen LogP contribution is 2.32. The number of nitrogens with one attached hydrogen (secondary N) is 1. The maximum Gasteiger partial charge on any atom is 0.259 e. The van der Waals surface area contributed by atoms with Crippen LogP contribution in [0.2, 0.25) is 0 Å². The van der Waals surface area contributed by atoms with Gasteiger partial charge in [-0.25, -0.2) is 0 Å². The Kier molecular flexibility index (Phi) is 3.07. The van der Waals surface area contributed by atoms with E-state index in [0.717, 1.165) is 16.7 Å². The molecule has 94 valence electrons. The minimum Gasteiger partial charge on any atom is -0.288 e. The Morgan fingerprint density at radius 3 is 2.22 bits per heavy atom. The van der Waals surface area contributed by atoms with Gasteiger partial charge in [0.15, 0.2) is 0 Å². The average Bonchev–Trinajstić information content (AvgIpc) is 2.54. The molecule has 0 aromatic heterocycles. The second-order valence-corrected chi connectivity index (χ2v) is 4.98. The van der Waals surface area contributed by atoms with E-state index in [4.69, 9.17) is 0 Å². The number of imide groups is 1. The summed E-state index contributed by atoms with van der Waals surface area (Å²) in [6.45, 7) is 7.84. The summed E-state index contributed by atoms with van der Waals surface area (Å²) in [5.74, 6) is -0.259. The van der Waals surface area contributed by atoms with Gasteiger partial charge in [-0.2, -0.15) is 0 Å². The first-order chi connectivity index (χ1) is 8.43. The number of hydrogen-bond donors (Lipinski definition) is 1. The Labute approximate surface area is 107 Å². The summed E-state index contributed by atoms with van der Waals surface area (Å²) in [4.78, 5) is 23.5. The van der Waals surface area contributed by atoms with Gasteiger partial charge in [-0.05, 0) is 36.5 Å². The number of aryl methyl sites for hydroxylation is 1. The molecule has 1 aliphatic heterocycles. The number of hydrogen-bond acceptors (Lipinski definition) is 2. The van der Waals surface area contributed by atoms with Crippen LogP contribution in [-0.2, 0) is 9.59 Å². The van der Waals surface area contributed by atoms with Crippen molar-refractivity contribution < 1.29 is 9.59 Å². The number of rotatable bonds is 2. The lowest BCUT2D eigenvalue weighted by molar-refractivity contribution is -0.123. The third-order valence-corrected chi connectivity index (χ3v) is 3.35. The SMILES string of the molecule is CC1=C(c2c(C)cccc2C(C)C)C(=O)NC1=O. The van der Waals surface area contributed by atoms with E-state index in [2.05, 4.69) is 19.2 Å². The fourth-order valence-electron chi connectivity index (χ4n) is 2.36. The molecule has 1 N–H and O–H groups in total. The monoisotopic (exact) mass is 243 g/mol. The van der Waals surface area contributed by atoms with Gasteiger partial charge in [-0.3, -0.25) is 14.9 Å². The Morgan fingerprint density at radius 2 is 1.72 bits per heavy atom. The highest BCUT2D eigenvalue weighted by Gasteiger charge is 2.30. The van der Waals surface area contributed by atoms with Gasteiger partial charge in [0.05, 0.1) is 5.57 Å². The topological polar surface area (TPSA) is 46.2 Å². The van der Waals surface area contributed by atoms with Gasteiger partial charge in [-0.15, -0.1) is 0 Å². The van der Waals surface area contributed by atoms with Gasteiger partial charge in [-0.1, -0.05) is 32.0 Å². The predicted molar refractivity (Wildman–Crippen MR) is 71.0 cm³/mol. The molecular weight excluding hydrogens is 226 g/mol. The standard InChI is InChI=1S/C15H17NO2/c1-8(2)11-7-5-6-9(3)12(11)13-10(4)14(17)16-15(13)18/h5-8H,1-4H3,(H,16,17,18). The van der Waals surface area contributed by atoms with Crippen molar-refractivity contribution in [3.8, 4) is 0 Å². The first-order valence-corrected chi connectivity index (χ1v) is 6.10. The lowest BCUT2D eigenvalue weighted by Gasteiger charge is -2.15. The van der Waals surface area contributed by atoms with Gasteiger partial charge in [0, 0.05) is 5.57 Å². The number of benzene rings is 1. The fraction of sp³-hybridized carbons (Fsp3) is 0.333. The minimum atomic E-state index is -0.284. The van der Waals surface area contributed by atoms with Crippen molar-refractivity contribution in [2.75, 3.05) is 0 Å². The molecule has 2 amide bonds. The van der Waals surface area contributed by atoms with E-state index in [-0.39, 0.29) is 11.8 Å². The summed E-state index contributed by atoms with van der Waals surface area (Å²) < 4.78 is 0. The molecular formula is C15H17NO2. The zero-order chi connectivity index (χ0) is 13.4. The van der Waals surface area contributed by atoms with Crippen LogP contribution in [-0.4, -0.2) is 11.8 Å². The molecule has 0 bridgehead atoms. The van der Waals surface area contributed by atoms with Crippen LogP contribution in [0.25, 0.3) is 5.57 Å². The van der Waals surface area contributed by atoms with Gasteiger partial charge >= 0.3 is 0 Å². The molecule has 2 rings (SSSR count). The largest absolute Gasteiger partial charge is 0.288 e. The van der Waals surface area contributed by atoms with E-state index in [9.17, 15) is 9.59 Å². The molecule has 1 aliphatic rings. The highest BCUT2D eigenvalue weighted by molar-refractivity contribution is 6.36. The number of carbonyl (C=O) groups excluding carboxylic acids is 2. The predicted octanol–water partition coefficient (Wildman–Crippen LogP) is 2.55. The van der Waals surface area contributed by atoms with Crippen LogP contribution in [0.15, 0.2) is 23.8 Å². The third-order valence-electron chi connectivity index (χ3n) is 3.35. The summed E-state index contributed by atoms with van der Waals surface area (Å²) in [6.07, 6.45) is 0. The highest BCUT2D eigenvalue weighted by atomic mass is 16.2. The van der Waals surface area contributed by atoms with E-state index in [1.807, 2.05) is 25.1 Å². The van der Waals surface area contributed by atoms with Crippen molar-refractivity contribution in [2.45, 2.75) is 33.6 Å². The van der Waals surface area contributed by atoms with Crippen molar-refractivity contribution in [3.63, 3.8) is 0 Å². The van der Waals surface area contributed by atoms with Gasteiger partial charge < -0.3 is 0 Å². The fourth-order valence-corrected chi connectivity index (χ4v) is 2.36. The first-order valence-electron chi connectivity index (χ1n) is 6.10. The second-order valence-electron chi connectivity index (χ2n) is 4.98. The van der Waals surface area contributed by atoms with Crippen molar-refractivity contribution in [3.05, 3.63) is 40.5 Å². The van der Waals surface area contributed by atoms with Crippen molar-refractivity contribution in [1.29, 1.82) is 0 Å². The first kappa shape index (κ1) is 12.6. The quantitative estimate of drug-likeness (QED) is 0.811. The molecule has 0 fully saturated rings. The normalized spacial score (nSPS) is 15.6. The molecule has 3 heteroatoms. The molecule has 18 heavy (non-hydrogen) atoms. The molecule has 0 atom stereocenters. The minimum absolute atomic E-state index is 0.284. The molecule has 1 aromatic carbocycles. The van der Waals surface area contributed by atoms with E-state index in [0.29, 0.717) is 17.1 Å². The van der Waals surface area contributed by atoms with Gasteiger partial charge in [0.1, 0.15) is 0 Å². The maximum atomic E-state index is 11.9. The van der Waals surface area contributed by atoms with E-state index in [1.54, 1.807) is 6.92 Å². The molecule has 0 aliphatic carbocycles. The number of amides is 2. The van der Waals surface area contributed by atoms with E-state index in [1.165, 1.54) is 0 Å². The van der Waals surface area contributed by atoms with Crippen LogP contribution in [0.1, 0.15) is 43.4 Å². The van der Waals surface area contributed by atoms with Crippen LogP contribution in [0.3, 0.4) is 0 Å². The summed E-state index contributed by atoms with van der Waals surface area (Å²) in [7, 11) is 0. The smallest absolute Gasteiger partial charge is 0.259 e. The molecule has 1 heterocycles. The van der Waals surface area contributed by atoms with E-state index < -0.39 is 0 Å². The summed E-state index contributed by atoms with van der Waals surface area (Å²) in [5, 5.41) is 2.36. The lowest BCUT2D eigenvalue weighted by Crippen LogP contribution is -2.23. The molecule has 3 nitrogen and oxygen atoms in total.